The van der Waals surface area contributed by atoms with Crippen LogP contribution >= 0.6 is 0 Å². The predicted molar refractivity (Wildman–Crippen MR) is 83.1 cm³/mol. The van der Waals surface area contributed by atoms with E-state index in [4.69, 9.17) is 0 Å². The highest BCUT2D eigenvalue weighted by Crippen LogP contribution is 2.21. The van der Waals surface area contributed by atoms with Crippen molar-refractivity contribution in [1.29, 1.82) is 0 Å². The largest absolute Gasteiger partial charge is 0.312 e. The average molecular weight is 288 g/mol. The maximum absolute atomic E-state index is 12.6. The zero-order valence-electron chi connectivity index (χ0n) is 13.1. The highest BCUT2D eigenvalue weighted by molar-refractivity contribution is 6.09. The maximum atomic E-state index is 12.6. The lowest BCUT2D eigenvalue weighted by atomic mass is 9.95. The fourth-order valence-corrected chi connectivity index (χ4v) is 2.77. The molecule has 1 aliphatic heterocycles. The molecule has 0 aliphatic carbocycles. The normalized spacial score (nSPS) is 17.6. The van der Waals surface area contributed by atoms with E-state index in [1.165, 1.54) is 4.90 Å². The summed E-state index contributed by atoms with van der Waals surface area (Å²) >= 11 is 0. The fraction of sp³-hybridized carbons (Fsp3) is 0.529. The summed E-state index contributed by atoms with van der Waals surface area (Å²) in [5.74, 6) is 0.167. The molecule has 0 spiro atoms. The minimum atomic E-state index is -0.159. The van der Waals surface area contributed by atoms with Crippen molar-refractivity contribution in [3.05, 3.63) is 35.4 Å². The van der Waals surface area contributed by atoms with E-state index >= 15 is 0 Å². The zero-order valence-corrected chi connectivity index (χ0v) is 13.1. The summed E-state index contributed by atoms with van der Waals surface area (Å²) in [6.45, 7) is 7.62. The average Bonchev–Trinajstić information content (AvgIpc) is 2.49. The second-order valence-corrected chi connectivity index (χ2v) is 5.69. The summed E-state index contributed by atoms with van der Waals surface area (Å²) in [5, 5.41) is 3.40. The molecule has 21 heavy (non-hydrogen) atoms. The third-order valence-electron chi connectivity index (χ3n) is 4.31. The van der Waals surface area contributed by atoms with Gasteiger partial charge in [0.1, 0.15) is 0 Å². The SMILES string of the molecule is CCNC(CN1C(=O)Cc2ccccc2C1=O)C(C)CC. The molecule has 2 amide bonds. The third kappa shape index (κ3) is 3.32. The molecule has 2 rings (SSSR count). The Hall–Kier alpha value is -1.68. The molecule has 2 atom stereocenters. The number of benzene rings is 1. The molecule has 0 saturated heterocycles. The number of nitrogens with zero attached hydrogens (tertiary/aromatic N) is 1. The molecule has 1 aromatic rings. The van der Waals surface area contributed by atoms with Crippen LogP contribution in [0.2, 0.25) is 0 Å². The van der Waals surface area contributed by atoms with Gasteiger partial charge in [0.15, 0.2) is 0 Å². The van der Waals surface area contributed by atoms with E-state index < -0.39 is 0 Å². The van der Waals surface area contributed by atoms with Crippen LogP contribution < -0.4 is 5.32 Å². The monoisotopic (exact) mass is 288 g/mol. The van der Waals surface area contributed by atoms with E-state index in [1.54, 1.807) is 0 Å². The summed E-state index contributed by atoms with van der Waals surface area (Å²) in [5.41, 5.74) is 1.50. The Kier molecular flexibility index (Phi) is 5.12. The first-order valence-corrected chi connectivity index (χ1v) is 7.74. The first-order valence-electron chi connectivity index (χ1n) is 7.74. The molecule has 1 aromatic carbocycles. The minimum absolute atomic E-state index is 0.0927. The summed E-state index contributed by atoms with van der Waals surface area (Å²) < 4.78 is 0. The highest BCUT2D eigenvalue weighted by Gasteiger charge is 2.32. The number of hydrogen-bond acceptors (Lipinski definition) is 3. The number of rotatable bonds is 6. The van der Waals surface area contributed by atoms with E-state index in [0.29, 0.717) is 24.4 Å². The van der Waals surface area contributed by atoms with Gasteiger partial charge >= 0.3 is 0 Å². The van der Waals surface area contributed by atoms with Crippen LogP contribution in [0.25, 0.3) is 0 Å². The van der Waals surface area contributed by atoms with Gasteiger partial charge in [0.25, 0.3) is 5.91 Å². The van der Waals surface area contributed by atoms with Crippen molar-refractivity contribution < 1.29 is 9.59 Å². The first-order chi connectivity index (χ1) is 10.1. The van der Waals surface area contributed by atoms with Crippen molar-refractivity contribution in [2.24, 2.45) is 5.92 Å². The standard InChI is InChI=1S/C17H24N2O2/c1-4-12(3)15(18-5-2)11-19-16(20)10-13-8-6-7-9-14(13)17(19)21/h6-9,12,15,18H,4-5,10-11H2,1-3H3. The molecule has 0 bridgehead atoms. The second kappa shape index (κ2) is 6.85. The second-order valence-electron chi connectivity index (χ2n) is 5.69. The lowest BCUT2D eigenvalue weighted by molar-refractivity contribution is -0.128. The van der Waals surface area contributed by atoms with Gasteiger partial charge in [-0.25, -0.2) is 0 Å². The molecule has 0 fully saturated rings. The van der Waals surface area contributed by atoms with Gasteiger partial charge in [-0.2, -0.15) is 0 Å². The summed E-state index contributed by atoms with van der Waals surface area (Å²) in [6.07, 6.45) is 1.34. The van der Waals surface area contributed by atoms with E-state index in [1.807, 2.05) is 31.2 Å². The van der Waals surface area contributed by atoms with E-state index in [0.717, 1.165) is 18.5 Å². The third-order valence-corrected chi connectivity index (χ3v) is 4.31. The number of amides is 2. The predicted octanol–water partition coefficient (Wildman–Crippen LogP) is 2.24. The maximum Gasteiger partial charge on any atom is 0.260 e. The van der Waals surface area contributed by atoms with Crippen molar-refractivity contribution >= 4 is 11.8 Å². The van der Waals surface area contributed by atoms with Crippen LogP contribution in [-0.4, -0.2) is 35.8 Å². The number of fused-ring (bicyclic) bond motifs is 1. The summed E-state index contributed by atoms with van der Waals surface area (Å²) in [6, 6.07) is 7.54. The van der Waals surface area contributed by atoms with Crippen molar-refractivity contribution in [1.82, 2.24) is 10.2 Å². The molecule has 1 aliphatic rings. The van der Waals surface area contributed by atoms with Gasteiger partial charge in [-0.05, 0) is 24.1 Å². The Labute approximate surface area is 126 Å². The number of hydrogen-bond donors (Lipinski definition) is 1. The van der Waals surface area contributed by atoms with Gasteiger partial charge in [-0.1, -0.05) is 45.4 Å². The molecule has 0 radical (unpaired) electrons. The zero-order chi connectivity index (χ0) is 15.4. The Balaban J connectivity index is 2.20. The van der Waals surface area contributed by atoms with Crippen LogP contribution in [0.1, 0.15) is 43.1 Å². The molecule has 0 aromatic heterocycles. The lowest BCUT2D eigenvalue weighted by Crippen LogP contribution is -2.51. The number of imide groups is 1. The Morgan fingerprint density at radius 3 is 2.62 bits per heavy atom. The molecular formula is C17H24N2O2. The molecule has 114 valence electrons. The fourth-order valence-electron chi connectivity index (χ4n) is 2.77. The van der Waals surface area contributed by atoms with Gasteiger partial charge in [0.05, 0.1) is 6.42 Å². The Morgan fingerprint density at radius 1 is 1.24 bits per heavy atom. The number of carbonyl (C=O) groups is 2. The molecule has 0 saturated carbocycles. The molecule has 1 N–H and O–H groups in total. The van der Waals surface area contributed by atoms with Crippen LogP contribution in [0.5, 0.6) is 0 Å². The van der Waals surface area contributed by atoms with Gasteiger partial charge in [-0.3, -0.25) is 14.5 Å². The highest BCUT2D eigenvalue weighted by atomic mass is 16.2. The van der Waals surface area contributed by atoms with Crippen molar-refractivity contribution in [2.75, 3.05) is 13.1 Å². The topological polar surface area (TPSA) is 49.4 Å². The summed E-state index contributed by atoms with van der Waals surface area (Å²) in [4.78, 5) is 26.3. The molecule has 2 unspecified atom stereocenters. The van der Waals surface area contributed by atoms with Crippen molar-refractivity contribution in [3.63, 3.8) is 0 Å². The minimum Gasteiger partial charge on any atom is -0.312 e. The van der Waals surface area contributed by atoms with Crippen molar-refractivity contribution in [3.8, 4) is 0 Å². The number of nitrogens with one attached hydrogen (secondary N) is 1. The van der Waals surface area contributed by atoms with Crippen LogP contribution in [0.3, 0.4) is 0 Å². The summed E-state index contributed by atoms with van der Waals surface area (Å²) in [7, 11) is 0. The molecule has 4 heteroatoms. The van der Waals surface area contributed by atoms with E-state index in [9.17, 15) is 9.59 Å². The van der Waals surface area contributed by atoms with E-state index in [2.05, 4.69) is 19.2 Å². The first kappa shape index (κ1) is 15.7. The Bertz CT molecular complexity index is 527. The smallest absolute Gasteiger partial charge is 0.260 e. The van der Waals surface area contributed by atoms with Crippen LogP contribution in [0.15, 0.2) is 24.3 Å². The molecular weight excluding hydrogens is 264 g/mol. The molecule has 4 nitrogen and oxygen atoms in total. The van der Waals surface area contributed by atoms with Crippen LogP contribution in [0, 0.1) is 5.92 Å². The van der Waals surface area contributed by atoms with Gasteiger partial charge < -0.3 is 5.32 Å². The van der Waals surface area contributed by atoms with Gasteiger partial charge in [0, 0.05) is 18.2 Å². The lowest BCUT2D eigenvalue weighted by Gasteiger charge is -2.32. The van der Waals surface area contributed by atoms with Gasteiger partial charge in [0.2, 0.25) is 5.91 Å². The quantitative estimate of drug-likeness (QED) is 0.817. The van der Waals surface area contributed by atoms with Crippen LogP contribution in [0.4, 0.5) is 0 Å². The van der Waals surface area contributed by atoms with Gasteiger partial charge in [-0.15, -0.1) is 0 Å². The number of likely N-dealkylation sites (N-methyl/N-ethyl adjacent to an activating group) is 1. The van der Waals surface area contributed by atoms with Crippen LogP contribution in [-0.2, 0) is 11.2 Å². The van der Waals surface area contributed by atoms with E-state index in [-0.39, 0.29) is 17.9 Å². The number of carbonyl (C=O) groups excluding carboxylic acids is 2. The molecule has 1 heterocycles. The Morgan fingerprint density at radius 2 is 1.95 bits per heavy atom. The van der Waals surface area contributed by atoms with Crippen molar-refractivity contribution in [2.45, 2.75) is 39.7 Å².